The topological polar surface area (TPSA) is 75.3 Å². The predicted octanol–water partition coefficient (Wildman–Crippen LogP) is 4.06. The third-order valence-electron chi connectivity index (χ3n) is 4.38. The van der Waals surface area contributed by atoms with Gasteiger partial charge >= 0.3 is 0 Å². The number of guanidine groups is 1. The maximum Gasteiger partial charge on any atom is 0.228 e. The summed E-state index contributed by atoms with van der Waals surface area (Å²) in [6.07, 6.45) is 1.63. The van der Waals surface area contributed by atoms with E-state index in [4.69, 9.17) is 4.52 Å². The van der Waals surface area contributed by atoms with Crippen molar-refractivity contribution in [2.45, 2.75) is 58.8 Å². The van der Waals surface area contributed by atoms with E-state index in [9.17, 15) is 0 Å². The van der Waals surface area contributed by atoms with Crippen molar-refractivity contribution in [3.63, 3.8) is 0 Å². The van der Waals surface area contributed by atoms with E-state index in [0.29, 0.717) is 18.9 Å². The lowest BCUT2D eigenvalue weighted by molar-refractivity contribution is 0.371. The van der Waals surface area contributed by atoms with Crippen LogP contribution in [0.25, 0.3) is 0 Å². The van der Waals surface area contributed by atoms with E-state index in [1.54, 1.807) is 7.05 Å². The molecule has 0 aliphatic carbocycles. The Kier molecular flexibility index (Phi) is 9.92. The first kappa shape index (κ1) is 24.4. The van der Waals surface area contributed by atoms with E-state index in [0.717, 1.165) is 24.7 Å². The van der Waals surface area contributed by atoms with Crippen molar-refractivity contribution in [2.75, 3.05) is 20.1 Å². The maximum absolute atomic E-state index is 5.25. The van der Waals surface area contributed by atoms with Crippen LogP contribution in [0.15, 0.2) is 33.8 Å². The minimum Gasteiger partial charge on any atom is -0.356 e. The molecule has 7 heteroatoms. The summed E-state index contributed by atoms with van der Waals surface area (Å²) < 4.78 is 5.25. The van der Waals surface area contributed by atoms with Gasteiger partial charge in [-0.1, -0.05) is 64.0 Å². The van der Waals surface area contributed by atoms with Gasteiger partial charge in [0.25, 0.3) is 0 Å². The summed E-state index contributed by atoms with van der Waals surface area (Å²) in [6, 6.07) is 8.86. The zero-order valence-corrected chi connectivity index (χ0v) is 20.2. The Labute approximate surface area is 186 Å². The number of hydrogen-bond acceptors (Lipinski definition) is 4. The van der Waals surface area contributed by atoms with Gasteiger partial charge in [-0.2, -0.15) is 4.98 Å². The molecule has 1 heterocycles. The number of nitrogens with one attached hydrogen (secondary N) is 2. The summed E-state index contributed by atoms with van der Waals surface area (Å²) >= 11 is 0. The molecule has 0 amide bonds. The van der Waals surface area contributed by atoms with E-state index < -0.39 is 0 Å². The van der Waals surface area contributed by atoms with Crippen LogP contribution in [0.2, 0.25) is 0 Å². The highest BCUT2D eigenvalue weighted by atomic mass is 127. The summed E-state index contributed by atoms with van der Waals surface area (Å²) in [4.78, 5) is 8.64. The van der Waals surface area contributed by atoms with Crippen LogP contribution >= 0.6 is 24.0 Å². The molecule has 2 rings (SSSR count). The molecule has 6 nitrogen and oxygen atoms in total. The van der Waals surface area contributed by atoms with E-state index in [2.05, 4.69) is 84.7 Å². The van der Waals surface area contributed by atoms with Crippen molar-refractivity contribution in [1.82, 2.24) is 20.8 Å². The standard InChI is InChI=1S/C21H33N5O.HI/c1-15(2)19-25-18(27-26-19)12-14-24-20(22-6)23-13-11-16-7-9-17(10-8-16)21(3,4)5;/h7-10,15H,11-14H2,1-6H3,(H2,22,23,24);1H. The van der Waals surface area contributed by atoms with Crippen LogP contribution in [0.1, 0.15) is 63.4 Å². The molecule has 1 aromatic carbocycles. The Morgan fingerprint density at radius 1 is 1.07 bits per heavy atom. The van der Waals surface area contributed by atoms with Crippen molar-refractivity contribution in [3.05, 3.63) is 47.1 Å². The molecule has 0 spiro atoms. The van der Waals surface area contributed by atoms with Gasteiger partial charge in [-0.15, -0.1) is 24.0 Å². The predicted molar refractivity (Wildman–Crippen MR) is 126 cm³/mol. The normalized spacial score (nSPS) is 12.0. The van der Waals surface area contributed by atoms with Gasteiger partial charge in [0.15, 0.2) is 11.8 Å². The molecule has 28 heavy (non-hydrogen) atoms. The van der Waals surface area contributed by atoms with E-state index in [1.807, 2.05) is 0 Å². The van der Waals surface area contributed by atoms with Gasteiger partial charge in [0, 0.05) is 32.5 Å². The summed E-state index contributed by atoms with van der Waals surface area (Å²) in [5.74, 6) is 2.47. The zero-order valence-electron chi connectivity index (χ0n) is 17.9. The van der Waals surface area contributed by atoms with Crippen molar-refractivity contribution in [3.8, 4) is 0 Å². The highest BCUT2D eigenvalue weighted by molar-refractivity contribution is 14.0. The second-order valence-electron chi connectivity index (χ2n) is 8.07. The monoisotopic (exact) mass is 499 g/mol. The van der Waals surface area contributed by atoms with Crippen LogP contribution in [0.5, 0.6) is 0 Å². The van der Waals surface area contributed by atoms with Crippen LogP contribution < -0.4 is 10.6 Å². The van der Waals surface area contributed by atoms with Gasteiger partial charge in [0.1, 0.15) is 0 Å². The van der Waals surface area contributed by atoms with Gasteiger partial charge in [0.2, 0.25) is 5.89 Å². The lowest BCUT2D eigenvalue weighted by Crippen LogP contribution is -2.39. The van der Waals surface area contributed by atoms with E-state index in [1.165, 1.54) is 11.1 Å². The number of benzene rings is 1. The average molecular weight is 499 g/mol. The van der Waals surface area contributed by atoms with Gasteiger partial charge < -0.3 is 15.2 Å². The molecule has 2 N–H and O–H groups in total. The molecule has 0 saturated heterocycles. The quantitative estimate of drug-likeness (QED) is 0.342. The highest BCUT2D eigenvalue weighted by Gasteiger charge is 2.13. The van der Waals surface area contributed by atoms with Crippen LogP contribution in [-0.4, -0.2) is 36.2 Å². The Morgan fingerprint density at radius 2 is 1.68 bits per heavy atom. The van der Waals surface area contributed by atoms with E-state index >= 15 is 0 Å². The highest BCUT2D eigenvalue weighted by Crippen LogP contribution is 2.22. The molecule has 0 aliphatic heterocycles. The number of aliphatic imine (C=N–C) groups is 1. The Hall–Kier alpha value is -1.64. The molecule has 0 bridgehead atoms. The summed E-state index contributed by atoms with van der Waals surface area (Å²) in [5, 5.41) is 10.6. The van der Waals surface area contributed by atoms with Gasteiger partial charge in [-0.3, -0.25) is 4.99 Å². The molecular formula is C21H34IN5O. The number of halogens is 1. The third-order valence-corrected chi connectivity index (χ3v) is 4.38. The first-order valence-electron chi connectivity index (χ1n) is 9.66. The van der Waals surface area contributed by atoms with Gasteiger partial charge in [-0.25, -0.2) is 0 Å². The fourth-order valence-corrected chi connectivity index (χ4v) is 2.61. The fourth-order valence-electron chi connectivity index (χ4n) is 2.61. The molecule has 0 fully saturated rings. The van der Waals surface area contributed by atoms with Crippen LogP contribution in [0, 0.1) is 0 Å². The number of nitrogens with zero attached hydrogens (tertiary/aromatic N) is 3. The number of rotatable bonds is 7. The SMILES string of the molecule is CN=C(NCCc1ccc(C(C)(C)C)cc1)NCCc1nc(C(C)C)no1.I. The Balaban J connectivity index is 0.00000392. The van der Waals surface area contributed by atoms with Crippen molar-refractivity contribution in [1.29, 1.82) is 0 Å². The second-order valence-corrected chi connectivity index (χ2v) is 8.07. The first-order valence-corrected chi connectivity index (χ1v) is 9.66. The molecule has 1 aromatic heterocycles. The fraction of sp³-hybridized carbons (Fsp3) is 0.571. The molecule has 0 saturated carbocycles. The third kappa shape index (κ3) is 7.77. The van der Waals surface area contributed by atoms with Crippen molar-refractivity contribution in [2.24, 2.45) is 4.99 Å². The largest absolute Gasteiger partial charge is 0.356 e. The lowest BCUT2D eigenvalue weighted by atomic mass is 9.86. The summed E-state index contributed by atoms with van der Waals surface area (Å²) in [6.45, 7) is 12.3. The van der Waals surface area contributed by atoms with Crippen LogP contribution in [-0.2, 0) is 18.3 Å². The second kappa shape index (κ2) is 11.4. The molecular weight excluding hydrogens is 465 g/mol. The van der Waals surface area contributed by atoms with Crippen molar-refractivity contribution >= 4 is 29.9 Å². The van der Waals surface area contributed by atoms with E-state index in [-0.39, 0.29) is 35.3 Å². The van der Waals surface area contributed by atoms with Gasteiger partial charge in [0.05, 0.1) is 0 Å². The minimum absolute atomic E-state index is 0. The maximum atomic E-state index is 5.25. The number of aromatic nitrogens is 2. The molecule has 0 aliphatic rings. The Morgan fingerprint density at radius 3 is 2.18 bits per heavy atom. The molecule has 156 valence electrons. The Bertz CT molecular complexity index is 732. The molecule has 0 unspecified atom stereocenters. The van der Waals surface area contributed by atoms with Crippen LogP contribution in [0.3, 0.4) is 0 Å². The summed E-state index contributed by atoms with van der Waals surface area (Å²) in [5.41, 5.74) is 2.87. The van der Waals surface area contributed by atoms with Gasteiger partial charge in [-0.05, 0) is 23.0 Å². The summed E-state index contributed by atoms with van der Waals surface area (Å²) in [7, 11) is 1.77. The molecule has 2 aromatic rings. The average Bonchev–Trinajstić information content (AvgIpc) is 3.09. The lowest BCUT2D eigenvalue weighted by Gasteiger charge is -2.19. The van der Waals surface area contributed by atoms with Crippen LogP contribution in [0.4, 0.5) is 0 Å². The smallest absolute Gasteiger partial charge is 0.228 e. The van der Waals surface area contributed by atoms with Crippen molar-refractivity contribution < 1.29 is 4.52 Å². The molecule has 0 atom stereocenters. The number of hydrogen-bond donors (Lipinski definition) is 2. The zero-order chi connectivity index (χ0) is 19.9. The first-order chi connectivity index (χ1) is 12.8. The molecule has 0 radical (unpaired) electrons. The minimum atomic E-state index is 0.